The Labute approximate surface area is 186 Å². The third kappa shape index (κ3) is 5.23. The number of pyridine rings is 1. The van der Waals surface area contributed by atoms with Crippen LogP contribution in [0.5, 0.6) is 0 Å². The van der Waals surface area contributed by atoms with E-state index in [2.05, 4.69) is 15.6 Å². The van der Waals surface area contributed by atoms with Gasteiger partial charge in [0, 0.05) is 43.4 Å². The van der Waals surface area contributed by atoms with Crippen LogP contribution in [0.3, 0.4) is 0 Å². The van der Waals surface area contributed by atoms with Crippen LogP contribution < -0.4 is 16.2 Å². The summed E-state index contributed by atoms with van der Waals surface area (Å²) in [7, 11) is 1.64. The van der Waals surface area contributed by atoms with Crippen LogP contribution in [-0.2, 0) is 11.8 Å². The summed E-state index contributed by atoms with van der Waals surface area (Å²) in [5, 5.41) is 9.28. The molecule has 2 aliphatic rings. The lowest BCUT2D eigenvalue weighted by Crippen LogP contribution is -2.41. The first-order valence-electron chi connectivity index (χ1n) is 11.2. The summed E-state index contributed by atoms with van der Waals surface area (Å²) < 4.78 is 1.41. The molecule has 8 heteroatoms. The van der Waals surface area contributed by atoms with Gasteiger partial charge in [0.1, 0.15) is 5.01 Å². The summed E-state index contributed by atoms with van der Waals surface area (Å²) in [5.41, 5.74) is 0.368. The number of aromatic nitrogens is 2. The lowest BCUT2D eigenvalue weighted by atomic mass is 9.78. The molecule has 0 aromatic carbocycles. The summed E-state index contributed by atoms with van der Waals surface area (Å²) in [5.74, 6) is 1.01. The van der Waals surface area contributed by atoms with Gasteiger partial charge in [-0.2, -0.15) is 0 Å². The number of hydrogen-bond acceptors (Lipinski definition) is 5. The second kappa shape index (κ2) is 9.77. The molecule has 2 amide bonds. The smallest absolute Gasteiger partial charge is 0.252 e. The highest BCUT2D eigenvalue weighted by Gasteiger charge is 2.34. The Morgan fingerprint density at radius 3 is 2.58 bits per heavy atom. The SMILES string of the molecule is Cn1cc(C(=O)NCC2CCC([C@H](NC(=O)C3CCC3)c3nccs3)CC2)ccc1=O. The third-order valence-electron chi connectivity index (χ3n) is 6.75. The van der Waals surface area contributed by atoms with E-state index in [1.165, 1.54) is 10.6 Å². The third-order valence-corrected chi connectivity index (χ3v) is 7.61. The minimum atomic E-state index is -0.147. The van der Waals surface area contributed by atoms with Crippen molar-refractivity contribution in [2.75, 3.05) is 6.54 Å². The maximum absolute atomic E-state index is 12.6. The van der Waals surface area contributed by atoms with Crippen molar-refractivity contribution in [3.05, 3.63) is 50.8 Å². The maximum atomic E-state index is 12.6. The zero-order chi connectivity index (χ0) is 21.8. The van der Waals surface area contributed by atoms with Crippen LogP contribution >= 0.6 is 11.3 Å². The molecule has 2 heterocycles. The summed E-state index contributed by atoms with van der Waals surface area (Å²) >= 11 is 1.61. The first-order chi connectivity index (χ1) is 15.0. The minimum absolute atomic E-state index is 0.00533. The number of hydrogen-bond donors (Lipinski definition) is 2. The fraction of sp³-hybridized carbons (Fsp3) is 0.565. The molecule has 2 fully saturated rings. The molecule has 0 saturated heterocycles. The van der Waals surface area contributed by atoms with E-state index in [0.717, 1.165) is 50.0 Å². The molecule has 0 bridgehead atoms. The van der Waals surface area contributed by atoms with Crippen molar-refractivity contribution in [2.45, 2.75) is 51.0 Å². The van der Waals surface area contributed by atoms with Crippen molar-refractivity contribution in [2.24, 2.45) is 24.8 Å². The van der Waals surface area contributed by atoms with E-state index in [9.17, 15) is 14.4 Å². The highest BCUT2D eigenvalue weighted by atomic mass is 32.1. The first-order valence-corrected chi connectivity index (χ1v) is 12.0. The monoisotopic (exact) mass is 442 g/mol. The lowest BCUT2D eigenvalue weighted by molar-refractivity contribution is -0.128. The summed E-state index contributed by atoms with van der Waals surface area (Å²) in [6.45, 7) is 0.630. The van der Waals surface area contributed by atoms with Gasteiger partial charge >= 0.3 is 0 Å². The average Bonchev–Trinajstić information content (AvgIpc) is 3.26. The molecule has 2 saturated carbocycles. The van der Waals surface area contributed by atoms with Crippen molar-refractivity contribution in [3.63, 3.8) is 0 Å². The number of nitrogens with one attached hydrogen (secondary N) is 2. The standard InChI is InChI=1S/C23H30N4O3S/c1-27-14-18(9-10-19(27)28)21(29)25-13-15-5-7-16(8-6-15)20(23-24-11-12-31-23)26-22(30)17-3-2-4-17/h9-12,14-17,20H,2-8,13H2,1H3,(H,25,29)(H,26,30)/t15?,16?,20-/m0/s1. The van der Waals surface area contributed by atoms with E-state index in [1.54, 1.807) is 30.6 Å². The van der Waals surface area contributed by atoms with Gasteiger partial charge in [-0.3, -0.25) is 14.4 Å². The fourth-order valence-corrected chi connectivity index (χ4v) is 5.28. The van der Waals surface area contributed by atoms with Gasteiger partial charge in [0.2, 0.25) is 11.5 Å². The van der Waals surface area contributed by atoms with Gasteiger partial charge in [-0.15, -0.1) is 11.3 Å². The Bertz CT molecular complexity index is 959. The molecule has 0 spiro atoms. The molecular weight excluding hydrogens is 412 g/mol. The van der Waals surface area contributed by atoms with Gasteiger partial charge in [-0.1, -0.05) is 6.42 Å². The van der Waals surface area contributed by atoms with Crippen LogP contribution in [-0.4, -0.2) is 27.9 Å². The number of aryl methyl sites for hydroxylation is 1. The molecule has 0 radical (unpaired) electrons. The molecule has 31 heavy (non-hydrogen) atoms. The van der Waals surface area contributed by atoms with E-state index in [0.29, 0.717) is 23.9 Å². The molecule has 1 atom stereocenters. The van der Waals surface area contributed by atoms with Gasteiger partial charge in [0.15, 0.2) is 0 Å². The van der Waals surface area contributed by atoms with Gasteiger partial charge in [-0.25, -0.2) is 4.98 Å². The minimum Gasteiger partial charge on any atom is -0.352 e. The number of amides is 2. The Balaban J connectivity index is 1.30. The predicted octanol–water partition coefficient (Wildman–Crippen LogP) is 3.04. The number of carbonyl (C=O) groups is 2. The quantitative estimate of drug-likeness (QED) is 0.689. The van der Waals surface area contributed by atoms with Crippen LogP contribution in [0.15, 0.2) is 34.7 Å². The zero-order valence-corrected chi connectivity index (χ0v) is 18.7. The van der Waals surface area contributed by atoms with E-state index in [1.807, 2.05) is 11.6 Å². The van der Waals surface area contributed by atoms with Crippen LogP contribution in [0.4, 0.5) is 0 Å². The molecule has 0 unspecified atom stereocenters. The second-order valence-electron chi connectivity index (χ2n) is 8.84. The molecule has 0 aliphatic heterocycles. The Hall–Kier alpha value is -2.48. The topological polar surface area (TPSA) is 93.1 Å². The molecule has 166 valence electrons. The van der Waals surface area contributed by atoms with Crippen LogP contribution in [0.2, 0.25) is 0 Å². The largest absolute Gasteiger partial charge is 0.352 e. The van der Waals surface area contributed by atoms with Gasteiger partial charge in [0.25, 0.3) is 5.91 Å². The molecule has 2 aromatic rings. The number of rotatable bonds is 7. The van der Waals surface area contributed by atoms with Crippen LogP contribution in [0, 0.1) is 17.8 Å². The van der Waals surface area contributed by atoms with Crippen LogP contribution in [0.25, 0.3) is 0 Å². The molecular formula is C23H30N4O3S. The van der Waals surface area contributed by atoms with Gasteiger partial charge < -0.3 is 15.2 Å². The lowest BCUT2D eigenvalue weighted by Gasteiger charge is -2.35. The number of nitrogens with zero attached hydrogens (tertiary/aromatic N) is 2. The van der Waals surface area contributed by atoms with Crippen molar-refractivity contribution in [3.8, 4) is 0 Å². The Morgan fingerprint density at radius 2 is 1.97 bits per heavy atom. The van der Waals surface area contributed by atoms with E-state index < -0.39 is 0 Å². The number of thiazole rings is 1. The van der Waals surface area contributed by atoms with Crippen LogP contribution in [0.1, 0.15) is 66.4 Å². The maximum Gasteiger partial charge on any atom is 0.252 e. The van der Waals surface area contributed by atoms with Crippen molar-refractivity contribution < 1.29 is 9.59 Å². The fourth-order valence-electron chi connectivity index (χ4n) is 4.50. The zero-order valence-electron chi connectivity index (χ0n) is 17.9. The summed E-state index contributed by atoms with van der Waals surface area (Å²) in [4.78, 5) is 41.0. The van der Waals surface area contributed by atoms with Crippen molar-refractivity contribution in [1.29, 1.82) is 0 Å². The van der Waals surface area contributed by atoms with Gasteiger partial charge in [-0.05, 0) is 56.4 Å². The predicted molar refractivity (Wildman–Crippen MR) is 120 cm³/mol. The van der Waals surface area contributed by atoms with E-state index in [-0.39, 0.29) is 29.3 Å². The van der Waals surface area contributed by atoms with E-state index in [4.69, 9.17) is 0 Å². The molecule has 2 aliphatic carbocycles. The van der Waals surface area contributed by atoms with E-state index >= 15 is 0 Å². The van der Waals surface area contributed by atoms with Crippen molar-refractivity contribution in [1.82, 2.24) is 20.2 Å². The van der Waals surface area contributed by atoms with Gasteiger partial charge in [0.05, 0.1) is 11.6 Å². The molecule has 2 aromatic heterocycles. The normalized spacial score (nSPS) is 22.4. The first kappa shape index (κ1) is 21.7. The number of carbonyl (C=O) groups excluding carboxylic acids is 2. The average molecular weight is 443 g/mol. The molecule has 7 nitrogen and oxygen atoms in total. The highest BCUT2D eigenvalue weighted by Crippen LogP contribution is 2.38. The summed E-state index contributed by atoms with van der Waals surface area (Å²) in [6.07, 6.45) is 10.6. The Kier molecular flexibility index (Phi) is 6.85. The Morgan fingerprint density at radius 1 is 1.19 bits per heavy atom. The highest BCUT2D eigenvalue weighted by molar-refractivity contribution is 7.09. The summed E-state index contributed by atoms with van der Waals surface area (Å²) in [6, 6.07) is 2.98. The molecule has 4 rings (SSSR count). The molecule has 2 N–H and O–H groups in total. The second-order valence-corrected chi connectivity index (χ2v) is 9.77. The van der Waals surface area contributed by atoms with Crippen molar-refractivity contribution >= 4 is 23.2 Å².